The number of benzene rings is 2. The molecule has 3 nitrogen and oxygen atoms in total. The number of carbonyl (C=O) groups excluding carboxylic acids is 2. The van der Waals surface area contributed by atoms with Crippen molar-refractivity contribution >= 4 is 23.4 Å². The minimum Gasteiger partial charge on any atom is -0.454 e. The predicted octanol–water partition coefficient (Wildman–Crippen LogP) is 4.01. The summed E-state index contributed by atoms with van der Waals surface area (Å²) < 4.78 is 18.5. The van der Waals surface area contributed by atoms with Crippen LogP contribution >= 0.6 is 11.6 Å². The summed E-state index contributed by atoms with van der Waals surface area (Å²) in [5.41, 5.74) is 2.57. The summed E-state index contributed by atoms with van der Waals surface area (Å²) in [6, 6.07) is 9.41. The molecular weight excluding hydrogens is 319 g/mol. The number of hydrogen-bond acceptors (Lipinski definition) is 3. The molecule has 0 unspecified atom stereocenters. The van der Waals surface area contributed by atoms with E-state index in [0.29, 0.717) is 5.56 Å². The fraction of sp³-hybridized carbons (Fsp3) is 0.222. The van der Waals surface area contributed by atoms with E-state index in [4.69, 9.17) is 16.3 Å². The molecule has 0 amide bonds. The monoisotopic (exact) mass is 332 g/mol. The highest BCUT2D eigenvalue weighted by molar-refractivity contribution is 6.33. The SMILES string of the molecule is O=C(COC(=O)c1c(F)cccc1Cl)c1ccc2c(c1)CCC2. The van der Waals surface area contributed by atoms with E-state index in [1.54, 1.807) is 6.07 Å². The number of hydrogen-bond donors (Lipinski definition) is 0. The molecule has 1 aliphatic carbocycles. The van der Waals surface area contributed by atoms with Crippen molar-refractivity contribution in [2.45, 2.75) is 19.3 Å². The van der Waals surface area contributed by atoms with Crippen molar-refractivity contribution in [2.24, 2.45) is 0 Å². The number of ketones is 1. The van der Waals surface area contributed by atoms with E-state index < -0.39 is 18.4 Å². The average molecular weight is 333 g/mol. The first-order valence-corrected chi connectivity index (χ1v) is 7.70. The van der Waals surface area contributed by atoms with E-state index in [0.717, 1.165) is 25.3 Å². The van der Waals surface area contributed by atoms with Gasteiger partial charge in [0.05, 0.1) is 5.02 Å². The molecule has 0 atom stereocenters. The minimum atomic E-state index is -0.942. The van der Waals surface area contributed by atoms with Crippen LogP contribution in [0.1, 0.15) is 38.3 Å². The Morgan fingerprint density at radius 1 is 1.13 bits per heavy atom. The first-order valence-electron chi connectivity index (χ1n) is 7.32. The number of aryl methyl sites for hydroxylation is 2. The molecule has 1 aliphatic rings. The Morgan fingerprint density at radius 3 is 2.70 bits per heavy atom. The zero-order valence-corrected chi connectivity index (χ0v) is 13.0. The molecule has 0 radical (unpaired) electrons. The van der Waals surface area contributed by atoms with Gasteiger partial charge in [0.2, 0.25) is 0 Å². The smallest absolute Gasteiger partial charge is 0.343 e. The Morgan fingerprint density at radius 2 is 1.91 bits per heavy atom. The van der Waals surface area contributed by atoms with Gasteiger partial charge in [0.15, 0.2) is 12.4 Å². The van der Waals surface area contributed by atoms with Crippen LogP contribution in [0.3, 0.4) is 0 Å². The third-order valence-corrected chi connectivity index (χ3v) is 4.24. The number of fused-ring (bicyclic) bond motifs is 1. The normalized spacial score (nSPS) is 12.8. The van der Waals surface area contributed by atoms with Gasteiger partial charge in [-0.1, -0.05) is 29.8 Å². The van der Waals surface area contributed by atoms with Crippen molar-refractivity contribution in [2.75, 3.05) is 6.61 Å². The molecule has 0 N–H and O–H groups in total. The summed E-state index contributed by atoms with van der Waals surface area (Å²) in [5, 5.41) is -0.0417. The fourth-order valence-electron chi connectivity index (χ4n) is 2.72. The summed E-state index contributed by atoms with van der Waals surface area (Å²) in [7, 11) is 0. The number of halogens is 2. The van der Waals surface area contributed by atoms with Gasteiger partial charge in [-0.15, -0.1) is 0 Å². The zero-order valence-electron chi connectivity index (χ0n) is 12.3. The standard InChI is InChI=1S/C18H14ClFO3/c19-14-5-2-6-15(20)17(14)18(22)23-10-16(21)13-8-7-11-3-1-4-12(11)9-13/h2,5-9H,1,3-4,10H2. The van der Waals surface area contributed by atoms with Crippen molar-refractivity contribution in [1.29, 1.82) is 0 Å². The molecule has 0 fully saturated rings. The van der Waals surface area contributed by atoms with Crippen molar-refractivity contribution in [3.8, 4) is 0 Å². The second-order valence-corrected chi connectivity index (χ2v) is 5.84. The van der Waals surface area contributed by atoms with Gasteiger partial charge < -0.3 is 4.74 Å². The van der Waals surface area contributed by atoms with Crippen LogP contribution in [0.25, 0.3) is 0 Å². The molecule has 0 heterocycles. The van der Waals surface area contributed by atoms with Crippen LogP contribution in [-0.4, -0.2) is 18.4 Å². The van der Waals surface area contributed by atoms with Crippen molar-refractivity contribution in [3.63, 3.8) is 0 Å². The molecule has 0 saturated carbocycles. The molecule has 0 bridgehead atoms. The maximum atomic E-state index is 13.6. The maximum Gasteiger partial charge on any atom is 0.343 e. The second-order valence-electron chi connectivity index (χ2n) is 5.43. The summed E-state index contributed by atoms with van der Waals surface area (Å²) in [6.45, 7) is -0.442. The number of carbonyl (C=O) groups is 2. The van der Waals surface area contributed by atoms with Crippen LogP contribution in [0.15, 0.2) is 36.4 Å². The minimum absolute atomic E-state index is 0.0417. The third kappa shape index (κ3) is 3.27. The quantitative estimate of drug-likeness (QED) is 0.627. The molecular formula is C18H14ClFO3. The summed E-state index contributed by atoms with van der Waals surface area (Å²) in [4.78, 5) is 24.1. The van der Waals surface area contributed by atoms with Crippen molar-refractivity contribution in [1.82, 2.24) is 0 Å². The summed E-state index contributed by atoms with van der Waals surface area (Å²) in [5.74, 6) is -2.03. The van der Waals surface area contributed by atoms with Crippen molar-refractivity contribution < 1.29 is 18.7 Å². The Hall–Kier alpha value is -2.20. The van der Waals surface area contributed by atoms with Gasteiger partial charge in [0, 0.05) is 5.56 Å². The van der Waals surface area contributed by atoms with Gasteiger partial charge in [-0.2, -0.15) is 0 Å². The average Bonchev–Trinajstić information content (AvgIpc) is 3.00. The third-order valence-electron chi connectivity index (χ3n) is 3.92. The molecule has 2 aromatic rings. The maximum absolute atomic E-state index is 13.6. The van der Waals surface area contributed by atoms with Gasteiger partial charge in [-0.3, -0.25) is 4.79 Å². The van der Waals surface area contributed by atoms with Gasteiger partial charge in [0.1, 0.15) is 11.4 Å². The van der Waals surface area contributed by atoms with Crippen LogP contribution in [0.2, 0.25) is 5.02 Å². The van der Waals surface area contributed by atoms with E-state index in [-0.39, 0.29) is 16.4 Å². The fourth-order valence-corrected chi connectivity index (χ4v) is 2.96. The Kier molecular flexibility index (Phi) is 4.44. The molecule has 0 spiro atoms. The topological polar surface area (TPSA) is 43.4 Å². The van der Waals surface area contributed by atoms with Crippen molar-refractivity contribution in [3.05, 3.63) is 69.5 Å². The lowest BCUT2D eigenvalue weighted by Crippen LogP contribution is -2.16. The Bertz CT molecular complexity index is 766. The lowest BCUT2D eigenvalue weighted by Gasteiger charge is -2.08. The second kappa shape index (κ2) is 6.50. The molecule has 2 aromatic carbocycles. The highest BCUT2D eigenvalue weighted by Crippen LogP contribution is 2.23. The summed E-state index contributed by atoms with van der Waals surface area (Å²) >= 11 is 5.79. The number of Topliss-reactive ketones (excluding diaryl/α,β-unsaturated/α-hetero) is 1. The Balaban J connectivity index is 1.68. The number of esters is 1. The van der Waals surface area contributed by atoms with Crippen LogP contribution in [0.4, 0.5) is 4.39 Å². The molecule has 0 saturated heterocycles. The van der Waals surface area contributed by atoms with E-state index in [9.17, 15) is 14.0 Å². The molecule has 118 valence electrons. The molecule has 23 heavy (non-hydrogen) atoms. The van der Waals surface area contributed by atoms with Gasteiger partial charge >= 0.3 is 5.97 Å². The van der Waals surface area contributed by atoms with Gasteiger partial charge in [-0.25, -0.2) is 9.18 Å². The van der Waals surface area contributed by atoms with Crippen LogP contribution in [0, 0.1) is 5.82 Å². The molecule has 0 aromatic heterocycles. The highest BCUT2D eigenvalue weighted by atomic mass is 35.5. The highest BCUT2D eigenvalue weighted by Gasteiger charge is 2.19. The lowest BCUT2D eigenvalue weighted by molar-refractivity contribution is 0.0470. The first kappa shape index (κ1) is 15.7. The van der Waals surface area contributed by atoms with Crippen LogP contribution in [0.5, 0.6) is 0 Å². The Labute approximate surface area is 138 Å². The lowest BCUT2D eigenvalue weighted by atomic mass is 10.0. The molecule has 3 rings (SSSR count). The number of ether oxygens (including phenoxy) is 1. The van der Waals surface area contributed by atoms with Gasteiger partial charge in [-0.05, 0) is 48.6 Å². The largest absolute Gasteiger partial charge is 0.454 e. The molecule has 0 aliphatic heterocycles. The first-order chi connectivity index (χ1) is 11.1. The number of rotatable bonds is 4. The van der Waals surface area contributed by atoms with E-state index >= 15 is 0 Å². The van der Waals surface area contributed by atoms with E-state index in [1.165, 1.54) is 23.3 Å². The predicted molar refractivity (Wildman–Crippen MR) is 84.5 cm³/mol. The summed E-state index contributed by atoms with van der Waals surface area (Å²) in [6.07, 6.45) is 3.08. The van der Waals surface area contributed by atoms with Gasteiger partial charge in [0.25, 0.3) is 0 Å². The van der Waals surface area contributed by atoms with E-state index in [1.807, 2.05) is 12.1 Å². The molecule has 5 heteroatoms. The van der Waals surface area contributed by atoms with Crippen LogP contribution in [-0.2, 0) is 17.6 Å². The van der Waals surface area contributed by atoms with Crippen LogP contribution < -0.4 is 0 Å². The van der Waals surface area contributed by atoms with E-state index in [2.05, 4.69) is 0 Å². The zero-order chi connectivity index (χ0) is 16.4.